The highest BCUT2D eigenvalue weighted by molar-refractivity contribution is 6.41. The number of halogens is 1. The lowest BCUT2D eigenvalue weighted by molar-refractivity contribution is -0.136. The van der Waals surface area contributed by atoms with Crippen LogP contribution in [0.15, 0.2) is 95.7 Å². The van der Waals surface area contributed by atoms with Gasteiger partial charge in [-0.25, -0.2) is 4.39 Å². The van der Waals surface area contributed by atoms with Gasteiger partial charge in [0.2, 0.25) is 11.7 Å². The van der Waals surface area contributed by atoms with Crippen molar-refractivity contribution in [3.8, 4) is 0 Å². The van der Waals surface area contributed by atoms with Crippen LogP contribution in [0.3, 0.4) is 0 Å². The molecule has 0 spiro atoms. The minimum absolute atomic E-state index is 0.0631. The van der Waals surface area contributed by atoms with E-state index in [2.05, 4.69) is 10.3 Å². The Balaban J connectivity index is 1.65. The van der Waals surface area contributed by atoms with Gasteiger partial charge in [-0.2, -0.15) is 0 Å². The Morgan fingerprint density at radius 2 is 1.68 bits per heavy atom. The average Bonchev–Trinajstić information content (AvgIpc) is 3.31. The van der Waals surface area contributed by atoms with E-state index in [0.29, 0.717) is 16.7 Å². The predicted octanol–water partition coefficient (Wildman–Crippen LogP) is 5.66. The fourth-order valence-corrected chi connectivity index (χ4v) is 4.32. The Morgan fingerprint density at radius 3 is 2.39 bits per heavy atom. The zero-order chi connectivity index (χ0) is 27.7. The van der Waals surface area contributed by atoms with E-state index in [1.54, 1.807) is 19.1 Å². The van der Waals surface area contributed by atoms with E-state index in [1.807, 2.05) is 24.3 Å². The van der Waals surface area contributed by atoms with Gasteiger partial charge in [0.25, 0.3) is 5.91 Å². The van der Waals surface area contributed by atoms with Crippen LogP contribution in [-0.2, 0) is 14.4 Å². The minimum Gasteiger partial charge on any atom is -0.456 e. The number of amides is 2. The molecule has 7 nitrogen and oxygen atoms in total. The van der Waals surface area contributed by atoms with Crippen LogP contribution in [0.4, 0.5) is 10.1 Å². The van der Waals surface area contributed by atoms with Gasteiger partial charge in [-0.15, -0.1) is 0 Å². The van der Waals surface area contributed by atoms with Crippen LogP contribution in [0.5, 0.6) is 0 Å². The van der Waals surface area contributed by atoms with Crippen LogP contribution in [0.2, 0.25) is 0 Å². The molecule has 0 saturated carbocycles. The number of hydrogen-bond donors (Lipinski definition) is 1. The summed E-state index contributed by atoms with van der Waals surface area (Å²) in [7, 11) is 0. The molecule has 2 aromatic heterocycles. The first-order valence-corrected chi connectivity index (χ1v) is 11.9. The summed E-state index contributed by atoms with van der Waals surface area (Å²) in [6.07, 6.45) is 2.77. The molecule has 0 bridgehead atoms. The molecule has 0 aliphatic carbocycles. The topological polar surface area (TPSA) is 92.5 Å². The molecule has 2 heterocycles. The number of ketones is 1. The van der Waals surface area contributed by atoms with E-state index in [0.717, 1.165) is 22.6 Å². The average molecular weight is 511 g/mol. The van der Waals surface area contributed by atoms with E-state index in [-0.39, 0.29) is 11.3 Å². The SMILES string of the molecule is [2H][C@](C(=O)N[C@@H](C)c1ccc(F)cc1)(c1cccnc1)N(C(=O)C(C)=O)c1ccc2c(c1)oc1ccccc12. The third-order valence-corrected chi connectivity index (χ3v) is 6.22. The molecule has 0 aliphatic rings. The Hall–Kier alpha value is -4.85. The first kappa shape index (κ1) is 23.5. The van der Waals surface area contributed by atoms with Gasteiger partial charge >= 0.3 is 0 Å². The summed E-state index contributed by atoms with van der Waals surface area (Å²) in [5, 5.41) is 4.39. The first-order chi connectivity index (χ1) is 18.7. The second-order valence-electron chi connectivity index (χ2n) is 8.81. The maximum atomic E-state index is 13.9. The molecule has 3 aromatic carbocycles. The zero-order valence-corrected chi connectivity index (χ0v) is 20.6. The number of benzene rings is 3. The molecule has 5 aromatic rings. The number of aromatic nitrogens is 1. The molecule has 0 fully saturated rings. The maximum Gasteiger partial charge on any atom is 0.295 e. The lowest BCUT2D eigenvalue weighted by atomic mass is 10.0. The van der Waals surface area contributed by atoms with Gasteiger partial charge in [0.05, 0.1) is 7.41 Å². The van der Waals surface area contributed by atoms with E-state index in [9.17, 15) is 20.1 Å². The normalized spacial score (nSPS) is 13.9. The van der Waals surface area contributed by atoms with Gasteiger partial charge in [-0.05, 0) is 48.9 Å². The molecule has 0 radical (unpaired) electrons. The lowest BCUT2D eigenvalue weighted by Crippen LogP contribution is -2.46. The molecule has 1 N–H and O–H groups in total. The molecule has 190 valence electrons. The van der Waals surface area contributed by atoms with Crippen molar-refractivity contribution in [2.24, 2.45) is 0 Å². The van der Waals surface area contributed by atoms with Crippen LogP contribution in [-0.4, -0.2) is 22.6 Å². The van der Waals surface area contributed by atoms with Crippen LogP contribution >= 0.6 is 0 Å². The number of pyridine rings is 1. The van der Waals surface area contributed by atoms with Crippen molar-refractivity contribution in [1.82, 2.24) is 10.3 Å². The maximum absolute atomic E-state index is 13.9. The van der Waals surface area contributed by atoms with Crippen molar-refractivity contribution in [3.63, 3.8) is 0 Å². The van der Waals surface area contributed by atoms with Crippen molar-refractivity contribution in [3.05, 3.63) is 108 Å². The van der Waals surface area contributed by atoms with Crippen LogP contribution in [0.1, 0.15) is 38.4 Å². The van der Waals surface area contributed by atoms with Gasteiger partial charge < -0.3 is 9.73 Å². The van der Waals surface area contributed by atoms with Gasteiger partial charge in [-0.1, -0.05) is 36.4 Å². The zero-order valence-electron chi connectivity index (χ0n) is 21.6. The number of carbonyl (C=O) groups is 3. The Morgan fingerprint density at radius 1 is 0.947 bits per heavy atom. The third-order valence-electron chi connectivity index (χ3n) is 6.22. The lowest BCUT2D eigenvalue weighted by Gasteiger charge is -2.31. The molecule has 8 heteroatoms. The number of Topliss-reactive ketones (excluding diaryl/α,β-unsaturated/α-hetero) is 1. The number of hydrogen-bond acceptors (Lipinski definition) is 5. The highest BCUT2D eigenvalue weighted by Gasteiger charge is 2.35. The van der Waals surface area contributed by atoms with Crippen LogP contribution in [0.25, 0.3) is 21.9 Å². The van der Waals surface area contributed by atoms with E-state index in [1.165, 1.54) is 54.9 Å². The predicted molar refractivity (Wildman–Crippen MR) is 142 cm³/mol. The summed E-state index contributed by atoms with van der Waals surface area (Å²) < 4.78 is 28.9. The first-order valence-electron chi connectivity index (χ1n) is 12.4. The fourth-order valence-electron chi connectivity index (χ4n) is 4.32. The van der Waals surface area contributed by atoms with Crippen molar-refractivity contribution in [1.29, 1.82) is 0 Å². The van der Waals surface area contributed by atoms with Crippen LogP contribution < -0.4 is 10.2 Å². The van der Waals surface area contributed by atoms with Gasteiger partial charge in [0, 0.05) is 47.4 Å². The van der Waals surface area contributed by atoms with Gasteiger partial charge in [0.15, 0.2) is 0 Å². The standard InChI is InChI=1S/C30H24FN3O4/c1-18(20-9-11-22(31)12-10-20)33-29(36)28(21-6-5-15-32-17-21)34(30(37)19(2)35)23-13-14-25-24-7-3-4-8-26(24)38-27(25)16-23/h3-18,28H,1-2H3,(H,33,36)/t18-,28+/m0/s1/i28D. The molecule has 2 amide bonds. The monoisotopic (exact) mass is 510 g/mol. The number of para-hydroxylation sites is 1. The summed E-state index contributed by atoms with van der Waals surface area (Å²) in [6.45, 7) is 2.75. The molecule has 5 rings (SSSR count). The van der Waals surface area contributed by atoms with Crippen molar-refractivity contribution in [2.45, 2.75) is 25.9 Å². The quantitative estimate of drug-likeness (QED) is 0.285. The minimum atomic E-state index is -2.44. The highest BCUT2D eigenvalue weighted by Crippen LogP contribution is 2.35. The third kappa shape index (κ3) is 4.76. The van der Waals surface area contributed by atoms with E-state index in [4.69, 9.17) is 4.42 Å². The Bertz CT molecular complexity index is 1700. The molecule has 2 atom stereocenters. The van der Waals surface area contributed by atoms with Crippen molar-refractivity contribution in [2.75, 3.05) is 4.90 Å². The molecule has 0 aliphatic heterocycles. The van der Waals surface area contributed by atoms with Crippen molar-refractivity contribution >= 4 is 45.2 Å². The van der Waals surface area contributed by atoms with Gasteiger partial charge in [0.1, 0.15) is 23.0 Å². The number of anilines is 1. The summed E-state index contributed by atoms with van der Waals surface area (Å²) >= 11 is 0. The fraction of sp³-hybridized carbons (Fsp3) is 0.133. The Kier molecular flexibility index (Phi) is 6.35. The summed E-state index contributed by atoms with van der Waals surface area (Å²) in [5.41, 5.74) is 1.82. The molecular formula is C30H24FN3O4. The van der Waals surface area contributed by atoms with E-state index < -0.39 is 35.5 Å². The number of furan rings is 1. The second kappa shape index (κ2) is 10.3. The van der Waals surface area contributed by atoms with E-state index >= 15 is 0 Å². The molecule has 0 unspecified atom stereocenters. The van der Waals surface area contributed by atoms with Crippen LogP contribution in [0, 0.1) is 5.82 Å². The summed E-state index contributed by atoms with van der Waals surface area (Å²) in [4.78, 5) is 44.8. The number of fused-ring (bicyclic) bond motifs is 3. The smallest absolute Gasteiger partial charge is 0.295 e. The Labute approximate surface area is 219 Å². The number of rotatable bonds is 7. The second-order valence-corrected chi connectivity index (χ2v) is 8.81. The number of carbonyl (C=O) groups excluding carboxylic acids is 3. The largest absolute Gasteiger partial charge is 0.456 e. The molecular weight excluding hydrogens is 485 g/mol. The number of nitrogens with zero attached hydrogens (tertiary/aromatic N) is 2. The van der Waals surface area contributed by atoms with Crippen molar-refractivity contribution < 1.29 is 24.6 Å². The summed E-state index contributed by atoms with van der Waals surface area (Å²) in [5.74, 6) is -3.23. The summed E-state index contributed by atoms with van der Waals surface area (Å²) in [6, 6.07) is 17.7. The van der Waals surface area contributed by atoms with Gasteiger partial charge in [-0.3, -0.25) is 24.3 Å². The number of nitrogens with one attached hydrogen (secondary N) is 1. The highest BCUT2D eigenvalue weighted by atomic mass is 19.1. The molecule has 38 heavy (non-hydrogen) atoms. The molecule has 0 saturated heterocycles.